The van der Waals surface area contributed by atoms with E-state index in [1.807, 2.05) is 36.4 Å². The Balaban J connectivity index is 1.41. The van der Waals surface area contributed by atoms with Crippen LogP contribution < -0.4 is 4.74 Å². The van der Waals surface area contributed by atoms with E-state index in [-0.39, 0.29) is 17.1 Å². The maximum Gasteiger partial charge on any atom is 0.253 e. The summed E-state index contributed by atoms with van der Waals surface area (Å²) in [6, 6.07) is 12.2. The van der Waals surface area contributed by atoms with E-state index >= 15 is 0 Å². The standard InChI is InChI=1S/C24H23ClFNO3/c25-21-3-1-2-19(13-21)24(28)27-10-11-30-23-9-6-18(12-20(23)14-27)16-29-15-17-4-7-22(26)8-5-17/h1-2,4-9,12-13,21H,3,10-11,14-16H2. The summed E-state index contributed by atoms with van der Waals surface area (Å²) < 4.78 is 24.6. The molecule has 1 atom stereocenters. The van der Waals surface area contributed by atoms with Crippen molar-refractivity contribution < 1.29 is 18.7 Å². The lowest BCUT2D eigenvalue weighted by Gasteiger charge is -2.22. The first-order valence-electron chi connectivity index (χ1n) is 9.97. The minimum Gasteiger partial charge on any atom is -0.491 e. The Kier molecular flexibility index (Phi) is 6.50. The summed E-state index contributed by atoms with van der Waals surface area (Å²) in [7, 11) is 0. The first kappa shape index (κ1) is 20.6. The number of carbonyl (C=O) groups excluding carboxylic acids is 1. The zero-order valence-corrected chi connectivity index (χ0v) is 17.3. The van der Waals surface area contributed by atoms with E-state index in [9.17, 15) is 9.18 Å². The maximum absolute atomic E-state index is 13.0. The molecular formula is C24H23ClFNO3. The van der Waals surface area contributed by atoms with Crippen LogP contribution in [-0.2, 0) is 29.3 Å². The van der Waals surface area contributed by atoms with Gasteiger partial charge in [0.15, 0.2) is 0 Å². The van der Waals surface area contributed by atoms with Crippen LogP contribution >= 0.6 is 11.6 Å². The third kappa shape index (κ3) is 5.10. The zero-order chi connectivity index (χ0) is 20.9. The van der Waals surface area contributed by atoms with E-state index < -0.39 is 0 Å². The topological polar surface area (TPSA) is 38.8 Å². The van der Waals surface area contributed by atoms with E-state index in [2.05, 4.69) is 0 Å². The van der Waals surface area contributed by atoms with Gasteiger partial charge in [-0.05, 0) is 41.8 Å². The number of allylic oxidation sites excluding steroid dienone is 2. The number of hydrogen-bond acceptors (Lipinski definition) is 3. The first-order valence-corrected chi connectivity index (χ1v) is 10.4. The number of fused-ring (bicyclic) bond motifs is 1. The number of ether oxygens (including phenoxy) is 2. The normalized spacial score (nSPS) is 18.3. The molecule has 1 unspecified atom stereocenters. The van der Waals surface area contributed by atoms with E-state index in [0.717, 1.165) is 28.9 Å². The molecule has 0 N–H and O–H groups in total. The van der Waals surface area contributed by atoms with Crippen molar-refractivity contribution >= 4 is 17.5 Å². The fourth-order valence-electron chi connectivity index (χ4n) is 3.55. The van der Waals surface area contributed by atoms with Crippen molar-refractivity contribution in [2.75, 3.05) is 13.2 Å². The molecule has 30 heavy (non-hydrogen) atoms. The number of hydrogen-bond donors (Lipinski definition) is 0. The highest BCUT2D eigenvalue weighted by Gasteiger charge is 2.23. The van der Waals surface area contributed by atoms with Crippen LogP contribution in [0.15, 0.2) is 66.3 Å². The predicted molar refractivity (Wildman–Crippen MR) is 114 cm³/mol. The Hall–Kier alpha value is -2.63. The van der Waals surface area contributed by atoms with Crippen LogP contribution in [0.2, 0.25) is 0 Å². The van der Waals surface area contributed by atoms with Gasteiger partial charge in [0.05, 0.1) is 25.1 Å². The van der Waals surface area contributed by atoms with Crippen molar-refractivity contribution in [3.63, 3.8) is 0 Å². The Morgan fingerprint density at radius 3 is 2.73 bits per heavy atom. The van der Waals surface area contributed by atoms with Gasteiger partial charge in [-0.15, -0.1) is 11.6 Å². The molecule has 0 saturated heterocycles. The number of halogens is 2. The minimum atomic E-state index is -0.260. The molecule has 1 aliphatic carbocycles. The fourth-order valence-corrected chi connectivity index (χ4v) is 3.79. The third-order valence-corrected chi connectivity index (χ3v) is 5.41. The second kappa shape index (κ2) is 9.45. The molecule has 0 radical (unpaired) electrons. The Morgan fingerprint density at radius 2 is 1.93 bits per heavy atom. The quantitative estimate of drug-likeness (QED) is 0.646. The molecule has 1 aliphatic heterocycles. The van der Waals surface area contributed by atoms with E-state index in [0.29, 0.717) is 38.5 Å². The summed E-state index contributed by atoms with van der Waals surface area (Å²) in [6.45, 7) is 2.25. The average molecular weight is 428 g/mol. The summed E-state index contributed by atoms with van der Waals surface area (Å²) in [5, 5.41) is -0.144. The average Bonchev–Trinajstić information content (AvgIpc) is 2.97. The maximum atomic E-state index is 13.0. The molecule has 4 rings (SSSR count). The molecule has 2 aliphatic rings. The number of amides is 1. The van der Waals surface area contributed by atoms with Gasteiger partial charge in [0.2, 0.25) is 0 Å². The molecule has 0 saturated carbocycles. The van der Waals surface area contributed by atoms with Crippen molar-refractivity contribution in [3.8, 4) is 5.75 Å². The number of carbonyl (C=O) groups is 1. The minimum absolute atomic E-state index is 0.0361. The molecular weight excluding hydrogens is 405 g/mol. The van der Waals surface area contributed by atoms with Gasteiger partial charge in [-0.2, -0.15) is 0 Å². The lowest BCUT2D eigenvalue weighted by atomic mass is 10.0. The molecule has 156 valence electrons. The molecule has 0 aromatic heterocycles. The van der Waals surface area contributed by atoms with Gasteiger partial charge < -0.3 is 14.4 Å². The van der Waals surface area contributed by atoms with Crippen molar-refractivity contribution in [3.05, 3.63) is 88.8 Å². The fraction of sp³-hybridized carbons (Fsp3) is 0.292. The van der Waals surface area contributed by atoms with Crippen LogP contribution in [0.3, 0.4) is 0 Å². The molecule has 0 spiro atoms. The van der Waals surface area contributed by atoms with E-state index in [1.54, 1.807) is 17.0 Å². The number of nitrogens with zero attached hydrogens (tertiary/aromatic N) is 1. The van der Waals surface area contributed by atoms with Crippen LogP contribution in [0.1, 0.15) is 23.1 Å². The monoisotopic (exact) mass is 427 g/mol. The largest absolute Gasteiger partial charge is 0.491 e. The van der Waals surface area contributed by atoms with Crippen molar-refractivity contribution in [2.24, 2.45) is 0 Å². The van der Waals surface area contributed by atoms with Crippen LogP contribution in [0.4, 0.5) is 4.39 Å². The second-order valence-electron chi connectivity index (χ2n) is 7.41. The van der Waals surface area contributed by atoms with Gasteiger partial charge in [0.25, 0.3) is 5.91 Å². The van der Waals surface area contributed by atoms with Crippen molar-refractivity contribution in [1.82, 2.24) is 4.90 Å². The van der Waals surface area contributed by atoms with Crippen LogP contribution in [0, 0.1) is 5.82 Å². The second-order valence-corrected chi connectivity index (χ2v) is 7.97. The van der Waals surface area contributed by atoms with Gasteiger partial charge in [0.1, 0.15) is 18.2 Å². The molecule has 1 heterocycles. The smallest absolute Gasteiger partial charge is 0.253 e. The van der Waals surface area contributed by atoms with Crippen molar-refractivity contribution in [2.45, 2.75) is 31.6 Å². The SMILES string of the molecule is O=C(C1=CC(Cl)CC=C1)N1CCOc2ccc(COCc3ccc(F)cc3)cc2C1. The summed E-state index contributed by atoms with van der Waals surface area (Å²) >= 11 is 6.17. The zero-order valence-electron chi connectivity index (χ0n) is 16.5. The van der Waals surface area contributed by atoms with E-state index in [4.69, 9.17) is 21.1 Å². The Labute approximate surface area is 180 Å². The van der Waals surface area contributed by atoms with E-state index in [1.165, 1.54) is 12.1 Å². The van der Waals surface area contributed by atoms with Gasteiger partial charge in [-0.1, -0.05) is 36.4 Å². The molecule has 0 bridgehead atoms. The Bertz CT molecular complexity index is 971. The summed E-state index contributed by atoms with van der Waals surface area (Å²) in [5.41, 5.74) is 3.49. The van der Waals surface area contributed by atoms with Crippen molar-refractivity contribution in [1.29, 1.82) is 0 Å². The molecule has 2 aromatic rings. The summed E-state index contributed by atoms with van der Waals surface area (Å²) in [6.07, 6.45) is 6.33. The molecule has 2 aromatic carbocycles. The molecule has 4 nitrogen and oxygen atoms in total. The van der Waals surface area contributed by atoms with Gasteiger partial charge in [0, 0.05) is 17.7 Å². The van der Waals surface area contributed by atoms with Gasteiger partial charge in [-0.25, -0.2) is 4.39 Å². The van der Waals surface area contributed by atoms with Crippen LogP contribution in [-0.4, -0.2) is 29.3 Å². The number of rotatable bonds is 5. The predicted octanol–water partition coefficient (Wildman–Crippen LogP) is 4.76. The summed E-state index contributed by atoms with van der Waals surface area (Å²) in [4.78, 5) is 14.7. The lowest BCUT2D eigenvalue weighted by molar-refractivity contribution is -0.127. The van der Waals surface area contributed by atoms with Gasteiger partial charge >= 0.3 is 0 Å². The molecule has 1 amide bonds. The van der Waals surface area contributed by atoms with Gasteiger partial charge in [-0.3, -0.25) is 4.79 Å². The number of alkyl halides is 1. The highest BCUT2D eigenvalue weighted by atomic mass is 35.5. The Morgan fingerprint density at radius 1 is 1.17 bits per heavy atom. The summed E-state index contributed by atoms with van der Waals surface area (Å²) in [5.74, 6) is 0.492. The first-order chi connectivity index (χ1) is 14.6. The third-order valence-electron chi connectivity index (χ3n) is 5.11. The highest BCUT2D eigenvalue weighted by molar-refractivity contribution is 6.22. The van der Waals surface area contributed by atoms with Crippen LogP contribution in [0.5, 0.6) is 5.75 Å². The van der Waals surface area contributed by atoms with Crippen LogP contribution in [0.25, 0.3) is 0 Å². The molecule has 0 fully saturated rings. The lowest BCUT2D eigenvalue weighted by Crippen LogP contribution is -2.33. The highest BCUT2D eigenvalue weighted by Crippen LogP contribution is 2.26. The number of benzene rings is 2. The molecule has 6 heteroatoms.